The van der Waals surface area contributed by atoms with E-state index in [-0.39, 0.29) is 5.75 Å². The Labute approximate surface area is 174 Å². The lowest BCUT2D eigenvalue weighted by atomic mass is 10.0. The smallest absolute Gasteiger partial charge is 0.161 e. The maximum Gasteiger partial charge on any atom is 0.161 e. The minimum absolute atomic E-state index is 0.191. The van der Waals surface area contributed by atoms with Crippen LogP contribution in [0.25, 0.3) is 12.2 Å². The van der Waals surface area contributed by atoms with Crippen molar-refractivity contribution >= 4 is 12.2 Å². The molecule has 0 aromatic heterocycles. The van der Waals surface area contributed by atoms with Crippen molar-refractivity contribution in [3.05, 3.63) is 82.0 Å². The molecule has 1 N–H and O–H groups in total. The van der Waals surface area contributed by atoms with Crippen LogP contribution in [0.3, 0.4) is 0 Å². The number of rotatable bonds is 8. The Morgan fingerprint density at radius 1 is 1.03 bits per heavy atom. The van der Waals surface area contributed by atoms with Crippen LogP contribution in [0.15, 0.2) is 59.7 Å². The molecule has 3 heteroatoms. The van der Waals surface area contributed by atoms with E-state index in [1.54, 1.807) is 19.2 Å². The Morgan fingerprint density at radius 3 is 2.34 bits per heavy atom. The number of nitriles is 1. The summed E-state index contributed by atoms with van der Waals surface area (Å²) in [7, 11) is 1.56. The van der Waals surface area contributed by atoms with E-state index in [1.165, 1.54) is 11.1 Å². The van der Waals surface area contributed by atoms with E-state index >= 15 is 0 Å². The van der Waals surface area contributed by atoms with E-state index in [4.69, 9.17) is 10.00 Å². The summed E-state index contributed by atoms with van der Waals surface area (Å²) in [5.74, 6) is 0.661. The average molecular weight is 388 g/mol. The Hall–Kier alpha value is -3.25. The fraction of sp³-hybridized carbons (Fsp3) is 0.269. The molecule has 2 rings (SSSR count). The van der Waals surface area contributed by atoms with Gasteiger partial charge in [-0.25, -0.2) is 0 Å². The first kappa shape index (κ1) is 22.0. The topological polar surface area (TPSA) is 53.2 Å². The molecule has 0 atom stereocenters. The molecule has 0 fully saturated rings. The molecule has 29 heavy (non-hydrogen) atoms. The molecule has 0 heterocycles. The van der Waals surface area contributed by atoms with Crippen LogP contribution in [0.1, 0.15) is 55.9 Å². The normalized spacial score (nSPS) is 11.3. The molecular weight excluding hydrogens is 358 g/mol. The zero-order valence-corrected chi connectivity index (χ0v) is 17.7. The molecule has 150 valence electrons. The lowest BCUT2D eigenvalue weighted by Gasteiger charge is -2.10. The van der Waals surface area contributed by atoms with Crippen molar-refractivity contribution in [2.75, 3.05) is 7.11 Å². The molecule has 0 unspecified atom stereocenters. The molecule has 0 aliphatic heterocycles. The standard InChI is InChI=1S/C26H29NO2/c1-19(2)6-5-7-20(3)8-15-24-16-23(17-25(29-4)26(24)28)14-11-21-9-12-22(18-27)13-10-21/h6,8-14,16-17,28H,5,7,15H2,1-4H3/b14-11+,20-8+. The van der Waals surface area contributed by atoms with Crippen molar-refractivity contribution in [3.8, 4) is 17.6 Å². The van der Waals surface area contributed by atoms with E-state index in [2.05, 4.69) is 39.0 Å². The number of hydrogen-bond acceptors (Lipinski definition) is 3. The summed E-state index contributed by atoms with van der Waals surface area (Å²) in [5, 5.41) is 19.4. The minimum Gasteiger partial charge on any atom is -0.504 e. The van der Waals surface area contributed by atoms with Crippen LogP contribution in [-0.4, -0.2) is 12.2 Å². The summed E-state index contributed by atoms with van der Waals surface area (Å²) in [6.07, 6.45) is 11.1. The van der Waals surface area contributed by atoms with Crippen molar-refractivity contribution in [3.63, 3.8) is 0 Å². The first-order valence-corrected chi connectivity index (χ1v) is 9.80. The molecule has 0 saturated heterocycles. The van der Waals surface area contributed by atoms with Gasteiger partial charge in [-0.2, -0.15) is 5.26 Å². The number of aromatic hydroxyl groups is 1. The molecule has 2 aromatic carbocycles. The quantitative estimate of drug-likeness (QED) is 0.406. The van der Waals surface area contributed by atoms with Gasteiger partial charge in [0.15, 0.2) is 11.5 Å². The number of methoxy groups -OCH3 is 1. The third-order valence-electron chi connectivity index (χ3n) is 4.67. The van der Waals surface area contributed by atoms with Crippen molar-refractivity contribution in [2.45, 2.75) is 40.0 Å². The van der Waals surface area contributed by atoms with Gasteiger partial charge in [0.25, 0.3) is 0 Å². The third-order valence-corrected chi connectivity index (χ3v) is 4.67. The van der Waals surface area contributed by atoms with Crippen molar-refractivity contribution in [1.29, 1.82) is 5.26 Å². The predicted molar refractivity (Wildman–Crippen MR) is 121 cm³/mol. The van der Waals surface area contributed by atoms with Gasteiger partial charge in [0.2, 0.25) is 0 Å². The molecule has 3 nitrogen and oxygen atoms in total. The number of phenolic OH excluding ortho intramolecular Hbond substituents is 1. The predicted octanol–water partition coefficient (Wildman–Crippen LogP) is 6.68. The van der Waals surface area contributed by atoms with E-state index in [0.717, 1.165) is 29.5 Å². The second-order valence-corrected chi connectivity index (χ2v) is 7.37. The summed E-state index contributed by atoms with van der Waals surface area (Å²) in [4.78, 5) is 0. The Kier molecular flexibility index (Phi) is 8.30. The lowest BCUT2D eigenvalue weighted by Crippen LogP contribution is -1.92. The maximum atomic E-state index is 10.5. The van der Waals surface area contributed by atoms with E-state index < -0.39 is 0 Å². The number of nitrogens with zero attached hydrogens (tertiary/aromatic N) is 1. The van der Waals surface area contributed by atoms with Gasteiger partial charge in [0.05, 0.1) is 18.7 Å². The highest BCUT2D eigenvalue weighted by atomic mass is 16.5. The van der Waals surface area contributed by atoms with Gasteiger partial charge < -0.3 is 9.84 Å². The number of hydrogen-bond donors (Lipinski definition) is 1. The van der Waals surface area contributed by atoms with Crippen LogP contribution in [0.5, 0.6) is 11.5 Å². The van der Waals surface area contributed by atoms with Gasteiger partial charge in [0.1, 0.15) is 0 Å². The molecule has 0 spiro atoms. The van der Waals surface area contributed by atoms with Gasteiger partial charge in [0, 0.05) is 5.56 Å². The van der Waals surface area contributed by atoms with Crippen molar-refractivity contribution < 1.29 is 9.84 Å². The minimum atomic E-state index is 0.191. The number of phenols is 1. The molecule has 0 bridgehead atoms. The highest BCUT2D eigenvalue weighted by Gasteiger charge is 2.09. The molecule has 0 aliphatic rings. The van der Waals surface area contributed by atoms with E-state index in [9.17, 15) is 5.11 Å². The third kappa shape index (κ3) is 7.01. The second-order valence-electron chi connectivity index (χ2n) is 7.37. The zero-order chi connectivity index (χ0) is 21.2. The number of benzene rings is 2. The summed E-state index contributed by atoms with van der Waals surface area (Å²) < 4.78 is 5.36. The maximum absolute atomic E-state index is 10.5. The fourth-order valence-corrected chi connectivity index (χ4v) is 2.93. The Morgan fingerprint density at radius 2 is 1.72 bits per heavy atom. The molecule has 0 aliphatic carbocycles. The van der Waals surface area contributed by atoms with Gasteiger partial charge in [-0.05, 0) is 75.4 Å². The number of ether oxygens (including phenoxy) is 1. The fourth-order valence-electron chi connectivity index (χ4n) is 2.93. The van der Waals surface area contributed by atoms with Crippen molar-refractivity contribution in [2.24, 2.45) is 0 Å². The van der Waals surface area contributed by atoms with E-state index in [1.807, 2.05) is 36.4 Å². The second kappa shape index (κ2) is 10.9. The van der Waals surface area contributed by atoms with Gasteiger partial charge in [-0.3, -0.25) is 0 Å². The number of allylic oxidation sites excluding steroid dienone is 4. The molecule has 2 aromatic rings. The first-order chi connectivity index (χ1) is 13.9. The van der Waals surface area contributed by atoms with Gasteiger partial charge >= 0.3 is 0 Å². The van der Waals surface area contributed by atoms with Crippen LogP contribution in [0, 0.1) is 11.3 Å². The summed E-state index contributed by atoms with van der Waals surface area (Å²) in [6, 6.07) is 13.3. The SMILES string of the molecule is COc1cc(/C=C/c2ccc(C#N)cc2)cc(C/C=C(\C)CCC=C(C)C)c1O. The lowest BCUT2D eigenvalue weighted by molar-refractivity contribution is 0.371. The largest absolute Gasteiger partial charge is 0.504 e. The highest BCUT2D eigenvalue weighted by molar-refractivity contribution is 5.72. The summed E-state index contributed by atoms with van der Waals surface area (Å²) >= 11 is 0. The van der Waals surface area contributed by atoms with Crippen LogP contribution < -0.4 is 4.74 Å². The average Bonchev–Trinajstić information content (AvgIpc) is 2.72. The summed E-state index contributed by atoms with van der Waals surface area (Å²) in [6.45, 7) is 6.35. The van der Waals surface area contributed by atoms with Crippen LogP contribution in [-0.2, 0) is 6.42 Å². The van der Waals surface area contributed by atoms with Crippen LogP contribution >= 0.6 is 0 Å². The van der Waals surface area contributed by atoms with E-state index in [0.29, 0.717) is 17.7 Å². The Balaban J connectivity index is 2.19. The highest BCUT2D eigenvalue weighted by Crippen LogP contribution is 2.33. The molecule has 0 radical (unpaired) electrons. The van der Waals surface area contributed by atoms with Crippen LogP contribution in [0.2, 0.25) is 0 Å². The molecule has 0 saturated carbocycles. The zero-order valence-electron chi connectivity index (χ0n) is 17.7. The molecule has 0 amide bonds. The van der Waals surface area contributed by atoms with Gasteiger partial charge in [-0.1, -0.05) is 47.6 Å². The van der Waals surface area contributed by atoms with Crippen molar-refractivity contribution in [1.82, 2.24) is 0 Å². The van der Waals surface area contributed by atoms with Crippen LogP contribution in [0.4, 0.5) is 0 Å². The van der Waals surface area contributed by atoms with Gasteiger partial charge in [-0.15, -0.1) is 0 Å². The monoisotopic (exact) mass is 387 g/mol. The Bertz CT molecular complexity index is 953. The first-order valence-electron chi connectivity index (χ1n) is 9.80. The summed E-state index contributed by atoms with van der Waals surface area (Å²) in [5.41, 5.74) is 6.08. The molecular formula is C26H29NO2.